The maximum atomic E-state index is 6.01. The van der Waals surface area contributed by atoms with Gasteiger partial charge in [-0.1, -0.05) is 19.1 Å². The summed E-state index contributed by atoms with van der Waals surface area (Å²) in [6.07, 6.45) is 5.95. The van der Waals surface area contributed by atoms with E-state index in [1.165, 1.54) is 11.3 Å². The van der Waals surface area contributed by atoms with E-state index in [9.17, 15) is 0 Å². The minimum absolute atomic E-state index is 0.118. The molecule has 1 atom stereocenters. The van der Waals surface area contributed by atoms with E-state index >= 15 is 0 Å². The van der Waals surface area contributed by atoms with Crippen LogP contribution in [0.15, 0.2) is 28.4 Å². The molecule has 0 aromatic carbocycles. The minimum atomic E-state index is 0.118. The fourth-order valence-corrected chi connectivity index (χ4v) is 1.42. The monoisotopic (exact) mass is 197 g/mol. The third-order valence-electron chi connectivity index (χ3n) is 2.24. The van der Waals surface area contributed by atoms with Crippen molar-refractivity contribution in [1.82, 2.24) is 0 Å². The molecule has 0 N–H and O–H groups in total. The van der Waals surface area contributed by atoms with Gasteiger partial charge in [0, 0.05) is 17.8 Å². The van der Waals surface area contributed by atoms with Crippen molar-refractivity contribution in [2.45, 2.75) is 39.0 Å². The van der Waals surface area contributed by atoms with Crippen molar-refractivity contribution < 1.29 is 0 Å². The number of nitrogens with zero attached hydrogens (tertiary/aromatic N) is 1. The molecule has 0 aliphatic heterocycles. The Labute approximate surface area is 85.2 Å². The molecule has 2 heteroatoms. The van der Waals surface area contributed by atoms with Gasteiger partial charge in [-0.15, -0.1) is 11.6 Å². The van der Waals surface area contributed by atoms with Crippen molar-refractivity contribution >= 4 is 17.3 Å². The van der Waals surface area contributed by atoms with Crippen LogP contribution in [0.4, 0.5) is 0 Å². The molecule has 1 rings (SSSR count). The average molecular weight is 198 g/mol. The quantitative estimate of drug-likeness (QED) is 0.473. The molecule has 0 aromatic heterocycles. The molecule has 0 bridgehead atoms. The first-order chi connectivity index (χ1) is 6.13. The SMILES string of the molecule is CC/C(C)=N/C1=C(C)C=CC(Cl)C1. The van der Waals surface area contributed by atoms with Crippen molar-refractivity contribution in [3.8, 4) is 0 Å². The predicted octanol–water partition coefficient (Wildman–Crippen LogP) is 3.70. The number of halogens is 1. The Bertz CT molecular complexity index is 274. The molecule has 0 fully saturated rings. The van der Waals surface area contributed by atoms with Crippen LogP contribution < -0.4 is 0 Å². The third kappa shape index (κ3) is 3.00. The molecular formula is C11H16ClN. The largest absolute Gasteiger partial charge is 0.262 e. The molecule has 0 radical (unpaired) electrons. The molecule has 0 saturated carbocycles. The normalized spacial score (nSPS) is 24.0. The predicted molar refractivity (Wildman–Crippen MR) is 59.5 cm³/mol. The zero-order valence-corrected chi connectivity index (χ0v) is 9.23. The van der Waals surface area contributed by atoms with Gasteiger partial charge in [-0.2, -0.15) is 0 Å². The summed E-state index contributed by atoms with van der Waals surface area (Å²) in [5, 5.41) is 0.118. The van der Waals surface area contributed by atoms with Crippen LogP contribution in [0, 0.1) is 0 Å². The summed E-state index contributed by atoms with van der Waals surface area (Å²) in [4.78, 5) is 4.55. The second kappa shape index (κ2) is 4.61. The van der Waals surface area contributed by atoms with E-state index in [1.807, 2.05) is 6.08 Å². The van der Waals surface area contributed by atoms with Crippen LogP contribution in [0.1, 0.15) is 33.6 Å². The topological polar surface area (TPSA) is 12.4 Å². The first-order valence-corrected chi connectivity index (χ1v) is 5.13. The highest BCUT2D eigenvalue weighted by Gasteiger charge is 2.11. The summed E-state index contributed by atoms with van der Waals surface area (Å²) >= 11 is 6.01. The van der Waals surface area contributed by atoms with Crippen LogP contribution in [0.3, 0.4) is 0 Å². The van der Waals surface area contributed by atoms with Crippen molar-refractivity contribution in [1.29, 1.82) is 0 Å². The van der Waals surface area contributed by atoms with Crippen LogP contribution in [0.2, 0.25) is 0 Å². The lowest BCUT2D eigenvalue weighted by Crippen LogP contribution is -2.03. The van der Waals surface area contributed by atoms with Crippen LogP contribution in [-0.2, 0) is 0 Å². The number of alkyl halides is 1. The highest BCUT2D eigenvalue weighted by molar-refractivity contribution is 6.22. The molecule has 1 aliphatic rings. The molecular weight excluding hydrogens is 182 g/mol. The van der Waals surface area contributed by atoms with Crippen molar-refractivity contribution in [2.75, 3.05) is 0 Å². The van der Waals surface area contributed by atoms with E-state index in [0.29, 0.717) is 0 Å². The Balaban J connectivity index is 2.84. The number of rotatable bonds is 2. The van der Waals surface area contributed by atoms with Gasteiger partial charge in [0.25, 0.3) is 0 Å². The van der Waals surface area contributed by atoms with E-state index in [0.717, 1.165) is 18.5 Å². The Hall–Kier alpha value is -0.560. The van der Waals surface area contributed by atoms with Gasteiger partial charge in [0.15, 0.2) is 0 Å². The summed E-state index contributed by atoms with van der Waals surface area (Å²) in [7, 11) is 0. The van der Waals surface area contributed by atoms with Crippen LogP contribution in [0.25, 0.3) is 0 Å². The summed E-state index contributed by atoms with van der Waals surface area (Å²) < 4.78 is 0. The second-order valence-corrected chi connectivity index (χ2v) is 3.97. The Morgan fingerprint density at radius 3 is 3.00 bits per heavy atom. The van der Waals surface area contributed by atoms with Crippen LogP contribution in [0.5, 0.6) is 0 Å². The van der Waals surface area contributed by atoms with Gasteiger partial charge in [0.05, 0.1) is 5.38 Å². The molecule has 72 valence electrons. The first kappa shape index (κ1) is 10.5. The van der Waals surface area contributed by atoms with Gasteiger partial charge in [-0.05, 0) is 25.8 Å². The van der Waals surface area contributed by atoms with Crippen LogP contribution >= 0.6 is 11.6 Å². The Kier molecular flexibility index (Phi) is 3.73. The number of hydrogen-bond acceptors (Lipinski definition) is 1. The lowest BCUT2D eigenvalue weighted by molar-refractivity contribution is 0.924. The molecule has 0 amide bonds. The number of aliphatic imine (C=N–C) groups is 1. The maximum Gasteiger partial charge on any atom is 0.0574 e. The standard InChI is InChI=1S/C11H16ClN/c1-4-9(3)13-11-7-10(12)6-5-8(11)2/h5-6,10H,4,7H2,1-3H3/b13-9+. The van der Waals surface area contributed by atoms with Crippen molar-refractivity contribution in [3.05, 3.63) is 23.4 Å². The smallest absolute Gasteiger partial charge is 0.0574 e. The van der Waals surface area contributed by atoms with Gasteiger partial charge in [0.2, 0.25) is 0 Å². The molecule has 0 aromatic rings. The van der Waals surface area contributed by atoms with Gasteiger partial charge in [0.1, 0.15) is 0 Å². The fourth-order valence-electron chi connectivity index (χ4n) is 1.20. The molecule has 1 unspecified atom stereocenters. The van der Waals surface area contributed by atoms with E-state index in [2.05, 4.69) is 31.8 Å². The van der Waals surface area contributed by atoms with E-state index in [1.54, 1.807) is 0 Å². The highest BCUT2D eigenvalue weighted by atomic mass is 35.5. The Morgan fingerprint density at radius 1 is 1.69 bits per heavy atom. The van der Waals surface area contributed by atoms with Crippen LogP contribution in [-0.4, -0.2) is 11.1 Å². The number of allylic oxidation sites excluding steroid dienone is 4. The minimum Gasteiger partial charge on any atom is -0.262 e. The lowest BCUT2D eigenvalue weighted by atomic mass is 10.0. The van der Waals surface area contributed by atoms with Gasteiger partial charge < -0.3 is 0 Å². The average Bonchev–Trinajstić information content (AvgIpc) is 2.11. The zero-order chi connectivity index (χ0) is 9.84. The first-order valence-electron chi connectivity index (χ1n) is 4.69. The summed E-state index contributed by atoms with van der Waals surface area (Å²) in [6, 6.07) is 0. The lowest BCUT2D eigenvalue weighted by Gasteiger charge is -2.13. The van der Waals surface area contributed by atoms with E-state index in [-0.39, 0.29) is 5.38 Å². The summed E-state index contributed by atoms with van der Waals surface area (Å²) in [5.74, 6) is 0. The van der Waals surface area contributed by atoms with E-state index < -0.39 is 0 Å². The van der Waals surface area contributed by atoms with Gasteiger partial charge in [-0.3, -0.25) is 4.99 Å². The van der Waals surface area contributed by atoms with Gasteiger partial charge >= 0.3 is 0 Å². The summed E-state index contributed by atoms with van der Waals surface area (Å²) in [5.41, 5.74) is 3.56. The molecule has 13 heavy (non-hydrogen) atoms. The Morgan fingerprint density at radius 2 is 2.38 bits per heavy atom. The molecule has 0 saturated heterocycles. The molecule has 1 nitrogen and oxygen atoms in total. The van der Waals surface area contributed by atoms with Crippen molar-refractivity contribution in [2.24, 2.45) is 4.99 Å². The zero-order valence-electron chi connectivity index (χ0n) is 8.47. The fraction of sp³-hybridized carbons (Fsp3) is 0.545. The summed E-state index contributed by atoms with van der Waals surface area (Å²) in [6.45, 7) is 6.26. The third-order valence-corrected chi connectivity index (χ3v) is 2.54. The maximum absolute atomic E-state index is 6.01. The molecule has 0 spiro atoms. The van der Waals surface area contributed by atoms with Gasteiger partial charge in [-0.25, -0.2) is 0 Å². The second-order valence-electron chi connectivity index (χ2n) is 3.41. The molecule has 1 aliphatic carbocycles. The number of hydrogen-bond donors (Lipinski definition) is 0. The highest BCUT2D eigenvalue weighted by Crippen LogP contribution is 2.23. The van der Waals surface area contributed by atoms with Crippen molar-refractivity contribution in [3.63, 3.8) is 0 Å². The molecule has 0 heterocycles. The van der Waals surface area contributed by atoms with E-state index in [4.69, 9.17) is 11.6 Å².